The van der Waals surface area contributed by atoms with Crippen LogP contribution in [-0.4, -0.2) is 10.9 Å². The van der Waals surface area contributed by atoms with Gasteiger partial charge >= 0.3 is 0 Å². The molecule has 0 heterocycles. The van der Waals surface area contributed by atoms with Crippen LogP contribution in [0.2, 0.25) is 0 Å². The van der Waals surface area contributed by atoms with Gasteiger partial charge in [-0.2, -0.15) is 0 Å². The van der Waals surface area contributed by atoms with Gasteiger partial charge in [-0.1, -0.05) is 12.1 Å². The van der Waals surface area contributed by atoms with Crippen LogP contribution in [0.15, 0.2) is 36.4 Å². The maximum Gasteiger partial charge on any atom is 0.133 e. The average Bonchev–Trinajstić information content (AvgIpc) is 2.42. The van der Waals surface area contributed by atoms with Gasteiger partial charge in [0.15, 0.2) is 0 Å². The number of Topliss-reactive ketones (excluding diaryl/α,β-unsaturated/α-hetero) is 1. The zero-order valence-electron chi connectivity index (χ0n) is 12.6. The number of aryl methyl sites for hydroxylation is 3. The highest BCUT2D eigenvalue weighted by Gasteiger charge is 2.08. The van der Waals surface area contributed by atoms with E-state index >= 15 is 0 Å². The number of phenols is 1. The third-order valence-electron chi connectivity index (χ3n) is 3.34. The fourth-order valence-corrected chi connectivity index (χ4v) is 2.30. The lowest BCUT2D eigenvalue weighted by molar-refractivity contribution is -0.116. The van der Waals surface area contributed by atoms with Gasteiger partial charge in [-0.15, -0.1) is 0 Å². The van der Waals surface area contributed by atoms with Crippen molar-refractivity contribution in [2.45, 2.75) is 33.6 Å². The number of ether oxygens (including phenoxy) is 1. The molecule has 21 heavy (non-hydrogen) atoms. The van der Waals surface area contributed by atoms with E-state index in [2.05, 4.69) is 12.1 Å². The highest BCUT2D eigenvalue weighted by atomic mass is 16.5. The Balaban J connectivity index is 2.20. The number of hydrogen-bond acceptors (Lipinski definition) is 3. The third-order valence-corrected chi connectivity index (χ3v) is 3.34. The quantitative estimate of drug-likeness (QED) is 0.889. The largest absolute Gasteiger partial charge is 0.508 e. The summed E-state index contributed by atoms with van der Waals surface area (Å²) in [4.78, 5) is 11.1. The molecule has 0 saturated heterocycles. The van der Waals surface area contributed by atoms with Crippen LogP contribution in [0.4, 0.5) is 0 Å². The van der Waals surface area contributed by atoms with Crippen molar-refractivity contribution < 1.29 is 14.6 Å². The van der Waals surface area contributed by atoms with Crippen LogP contribution in [0.1, 0.15) is 30.0 Å². The highest BCUT2D eigenvalue weighted by molar-refractivity contribution is 5.75. The Morgan fingerprint density at radius 3 is 2.19 bits per heavy atom. The van der Waals surface area contributed by atoms with Crippen molar-refractivity contribution in [2.75, 3.05) is 0 Å². The van der Waals surface area contributed by atoms with Gasteiger partial charge in [-0.3, -0.25) is 0 Å². The molecule has 0 unspecified atom stereocenters. The Morgan fingerprint density at radius 1 is 1.10 bits per heavy atom. The zero-order chi connectivity index (χ0) is 15.4. The molecule has 3 heteroatoms. The molecule has 1 N–H and O–H groups in total. The average molecular weight is 284 g/mol. The van der Waals surface area contributed by atoms with Crippen molar-refractivity contribution in [3.63, 3.8) is 0 Å². The highest BCUT2D eigenvalue weighted by Crippen LogP contribution is 2.30. The van der Waals surface area contributed by atoms with Crippen LogP contribution in [0, 0.1) is 13.8 Å². The number of phenolic OH excluding ortho intramolecular Hbond substituents is 1. The second-order valence-corrected chi connectivity index (χ2v) is 5.36. The second kappa shape index (κ2) is 6.44. The number of aromatic hydroxyl groups is 1. The van der Waals surface area contributed by atoms with Crippen molar-refractivity contribution in [3.05, 3.63) is 53.1 Å². The lowest BCUT2D eigenvalue weighted by atomic mass is 10.0. The predicted octanol–water partition coefficient (Wildman–Crippen LogP) is 4.32. The third kappa shape index (κ3) is 4.09. The summed E-state index contributed by atoms with van der Waals surface area (Å²) >= 11 is 0. The molecule has 110 valence electrons. The molecule has 2 aromatic carbocycles. The van der Waals surface area contributed by atoms with Gasteiger partial charge in [0.05, 0.1) is 0 Å². The molecular weight excluding hydrogens is 264 g/mol. The fraction of sp³-hybridized carbons (Fsp3) is 0.278. The normalized spacial score (nSPS) is 10.4. The smallest absolute Gasteiger partial charge is 0.133 e. The second-order valence-electron chi connectivity index (χ2n) is 5.36. The van der Waals surface area contributed by atoms with E-state index < -0.39 is 0 Å². The fourth-order valence-electron chi connectivity index (χ4n) is 2.30. The molecule has 0 spiro atoms. The summed E-state index contributed by atoms with van der Waals surface area (Å²) in [5.74, 6) is 1.94. The molecule has 0 aliphatic rings. The first-order chi connectivity index (χ1) is 9.95. The molecule has 0 radical (unpaired) electrons. The first-order valence-corrected chi connectivity index (χ1v) is 7.02. The zero-order valence-corrected chi connectivity index (χ0v) is 12.6. The van der Waals surface area contributed by atoms with E-state index in [0.717, 1.165) is 28.9 Å². The molecule has 0 bridgehead atoms. The van der Waals surface area contributed by atoms with Crippen LogP contribution >= 0.6 is 0 Å². The van der Waals surface area contributed by atoms with E-state index in [4.69, 9.17) is 4.74 Å². The van der Waals surface area contributed by atoms with Crippen molar-refractivity contribution >= 4 is 5.78 Å². The molecule has 0 aromatic heterocycles. The van der Waals surface area contributed by atoms with Crippen molar-refractivity contribution in [1.29, 1.82) is 0 Å². The van der Waals surface area contributed by atoms with Crippen molar-refractivity contribution in [2.24, 2.45) is 0 Å². The maximum absolute atomic E-state index is 11.1. The van der Waals surface area contributed by atoms with E-state index in [1.165, 1.54) is 0 Å². The summed E-state index contributed by atoms with van der Waals surface area (Å²) in [6.07, 6.45) is 1.33. The topological polar surface area (TPSA) is 46.5 Å². The van der Waals surface area contributed by atoms with Crippen molar-refractivity contribution in [1.82, 2.24) is 0 Å². The monoisotopic (exact) mass is 284 g/mol. The summed E-state index contributed by atoms with van der Waals surface area (Å²) in [6.45, 7) is 5.61. The number of rotatable bonds is 5. The van der Waals surface area contributed by atoms with E-state index in [1.807, 2.05) is 13.8 Å². The maximum atomic E-state index is 11.1. The summed E-state index contributed by atoms with van der Waals surface area (Å²) in [7, 11) is 0. The Morgan fingerprint density at radius 2 is 1.67 bits per heavy atom. The standard InChI is InChI=1S/C18H20O3/c1-12-10-15(5-4-14(3)19)11-13(2)18(12)21-17-8-6-16(20)7-9-17/h6-11,20H,4-5H2,1-3H3. The van der Waals surface area contributed by atoms with Crippen LogP contribution in [0.25, 0.3) is 0 Å². The Labute approximate surface area is 125 Å². The molecular formula is C18H20O3. The predicted molar refractivity (Wildman–Crippen MR) is 83.1 cm³/mol. The minimum atomic E-state index is 0.203. The van der Waals surface area contributed by atoms with Gasteiger partial charge in [-0.05, 0) is 68.1 Å². The minimum absolute atomic E-state index is 0.203. The van der Waals surface area contributed by atoms with E-state index in [0.29, 0.717) is 12.2 Å². The number of hydrogen-bond donors (Lipinski definition) is 1. The van der Waals surface area contributed by atoms with Gasteiger partial charge in [-0.25, -0.2) is 0 Å². The summed E-state index contributed by atoms with van der Waals surface area (Å²) in [6, 6.07) is 10.8. The Kier molecular flexibility index (Phi) is 4.63. The Bertz CT molecular complexity index is 619. The molecule has 2 rings (SSSR count). The summed E-state index contributed by atoms with van der Waals surface area (Å²) in [5.41, 5.74) is 3.24. The van der Waals surface area contributed by atoms with Crippen LogP contribution in [0.3, 0.4) is 0 Å². The summed E-state index contributed by atoms with van der Waals surface area (Å²) in [5, 5.41) is 9.29. The van der Waals surface area contributed by atoms with Gasteiger partial charge < -0.3 is 14.6 Å². The van der Waals surface area contributed by atoms with Crippen molar-refractivity contribution in [3.8, 4) is 17.2 Å². The number of ketones is 1. The van der Waals surface area contributed by atoms with Gasteiger partial charge in [0, 0.05) is 6.42 Å². The lowest BCUT2D eigenvalue weighted by Gasteiger charge is -2.14. The molecule has 0 atom stereocenters. The SMILES string of the molecule is CC(=O)CCc1cc(C)c(Oc2ccc(O)cc2)c(C)c1. The molecule has 2 aromatic rings. The van der Waals surface area contributed by atoms with Gasteiger partial charge in [0.2, 0.25) is 0 Å². The van der Waals surface area contributed by atoms with Crippen LogP contribution in [0.5, 0.6) is 17.2 Å². The summed E-state index contributed by atoms with van der Waals surface area (Å²) < 4.78 is 5.90. The molecule has 0 aliphatic carbocycles. The molecule has 3 nitrogen and oxygen atoms in total. The molecule has 0 fully saturated rings. The Hall–Kier alpha value is -2.29. The molecule has 0 saturated carbocycles. The van der Waals surface area contributed by atoms with E-state index in [-0.39, 0.29) is 11.5 Å². The first-order valence-electron chi connectivity index (χ1n) is 7.02. The number of benzene rings is 2. The van der Waals surface area contributed by atoms with Crippen LogP contribution < -0.4 is 4.74 Å². The van der Waals surface area contributed by atoms with Gasteiger partial charge in [0.1, 0.15) is 23.0 Å². The van der Waals surface area contributed by atoms with E-state index in [9.17, 15) is 9.90 Å². The number of carbonyl (C=O) groups is 1. The molecule has 0 aliphatic heterocycles. The van der Waals surface area contributed by atoms with Crippen LogP contribution in [-0.2, 0) is 11.2 Å². The van der Waals surface area contributed by atoms with Gasteiger partial charge in [0.25, 0.3) is 0 Å². The molecule has 0 amide bonds. The lowest BCUT2D eigenvalue weighted by Crippen LogP contribution is -1.97. The first kappa shape index (κ1) is 15.1. The van der Waals surface area contributed by atoms with E-state index in [1.54, 1.807) is 31.2 Å². The number of carbonyl (C=O) groups excluding carboxylic acids is 1. The minimum Gasteiger partial charge on any atom is -0.508 e.